The fourth-order valence-corrected chi connectivity index (χ4v) is 3.80. The molecule has 0 bridgehead atoms. The Bertz CT molecular complexity index is 581. The van der Waals surface area contributed by atoms with E-state index in [1.807, 2.05) is 10.8 Å². The maximum atomic E-state index is 12.0. The third-order valence-electron chi connectivity index (χ3n) is 3.30. The Morgan fingerprint density at radius 3 is 2.58 bits per heavy atom. The van der Waals surface area contributed by atoms with Crippen molar-refractivity contribution in [3.05, 3.63) is 24.0 Å². The average Bonchev–Trinajstić information content (AvgIpc) is 2.84. The second-order valence-corrected chi connectivity index (χ2v) is 8.28. The van der Waals surface area contributed by atoms with Crippen LogP contribution in [-0.2, 0) is 15.4 Å². The van der Waals surface area contributed by atoms with Crippen molar-refractivity contribution in [3.63, 3.8) is 0 Å². The standard InChI is InChI=1S/C13H20N2O3S/c1-13(2,3)15-6-4-10(8-15)12(16)14-11-5-7-19(17,18)9-11/h4,6,8,11H,5,7,9H2,1-3H3,(H,14,16). The van der Waals surface area contributed by atoms with Crippen LogP contribution < -0.4 is 5.32 Å². The summed E-state index contributed by atoms with van der Waals surface area (Å²) in [4.78, 5) is 12.0. The first-order valence-electron chi connectivity index (χ1n) is 6.37. The first-order chi connectivity index (χ1) is 8.67. The molecule has 19 heavy (non-hydrogen) atoms. The van der Waals surface area contributed by atoms with Crippen molar-refractivity contribution in [2.45, 2.75) is 38.8 Å². The number of hydrogen-bond acceptors (Lipinski definition) is 3. The van der Waals surface area contributed by atoms with Gasteiger partial charge in [-0.2, -0.15) is 0 Å². The number of sulfone groups is 1. The van der Waals surface area contributed by atoms with E-state index in [-0.39, 0.29) is 29.0 Å². The first-order valence-corrected chi connectivity index (χ1v) is 8.19. The van der Waals surface area contributed by atoms with E-state index >= 15 is 0 Å². The molecule has 1 saturated heterocycles. The Kier molecular flexibility index (Phi) is 3.47. The highest BCUT2D eigenvalue weighted by Gasteiger charge is 2.29. The van der Waals surface area contributed by atoms with Crippen LogP contribution in [0.1, 0.15) is 37.6 Å². The highest BCUT2D eigenvalue weighted by Crippen LogP contribution is 2.16. The molecule has 1 fully saturated rings. The molecule has 0 spiro atoms. The van der Waals surface area contributed by atoms with Gasteiger partial charge >= 0.3 is 0 Å². The van der Waals surface area contributed by atoms with Gasteiger partial charge < -0.3 is 9.88 Å². The number of nitrogens with one attached hydrogen (secondary N) is 1. The van der Waals surface area contributed by atoms with Crippen molar-refractivity contribution in [2.24, 2.45) is 0 Å². The predicted octanol–water partition coefficient (Wildman–Crippen LogP) is 1.16. The van der Waals surface area contributed by atoms with Crippen LogP contribution in [-0.4, -0.2) is 36.4 Å². The molecular weight excluding hydrogens is 264 g/mol. The number of hydrogen-bond donors (Lipinski definition) is 1. The molecule has 1 unspecified atom stereocenters. The SMILES string of the molecule is CC(C)(C)n1ccc(C(=O)NC2CCS(=O)(=O)C2)c1. The smallest absolute Gasteiger partial charge is 0.253 e. The number of amides is 1. The molecule has 2 heterocycles. The molecule has 1 aliphatic rings. The zero-order chi connectivity index (χ0) is 14.3. The molecule has 0 aromatic carbocycles. The van der Waals surface area contributed by atoms with E-state index in [0.717, 1.165) is 0 Å². The Morgan fingerprint density at radius 2 is 2.11 bits per heavy atom. The van der Waals surface area contributed by atoms with E-state index in [1.165, 1.54) is 0 Å². The lowest BCUT2D eigenvalue weighted by molar-refractivity contribution is 0.0941. The van der Waals surface area contributed by atoms with Crippen LogP contribution >= 0.6 is 0 Å². The Hall–Kier alpha value is -1.30. The number of aromatic nitrogens is 1. The van der Waals surface area contributed by atoms with Crippen LogP contribution in [0.4, 0.5) is 0 Å². The van der Waals surface area contributed by atoms with Crippen molar-refractivity contribution in [1.29, 1.82) is 0 Å². The van der Waals surface area contributed by atoms with Gasteiger partial charge in [0.05, 0.1) is 17.1 Å². The van der Waals surface area contributed by atoms with E-state index in [0.29, 0.717) is 12.0 Å². The minimum Gasteiger partial charge on any atom is -0.348 e. The van der Waals surface area contributed by atoms with Crippen molar-refractivity contribution < 1.29 is 13.2 Å². The summed E-state index contributed by atoms with van der Waals surface area (Å²) in [5.74, 6) is 0.0183. The van der Waals surface area contributed by atoms with E-state index in [4.69, 9.17) is 0 Å². The lowest BCUT2D eigenvalue weighted by atomic mass is 10.1. The zero-order valence-electron chi connectivity index (χ0n) is 11.5. The second kappa shape index (κ2) is 4.67. The molecule has 0 saturated carbocycles. The third-order valence-corrected chi connectivity index (χ3v) is 5.07. The number of rotatable bonds is 2. The first kappa shape index (κ1) is 14.1. The van der Waals surface area contributed by atoms with E-state index in [1.54, 1.807) is 12.3 Å². The fraction of sp³-hybridized carbons (Fsp3) is 0.615. The van der Waals surface area contributed by atoms with Crippen LogP contribution in [0.15, 0.2) is 18.5 Å². The highest BCUT2D eigenvalue weighted by atomic mass is 32.2. The van der Waals surface area contributed by atoms with Gasteiger partial charge in [0.15, 0.2) is 9.84 Å². The summed E-state index contributed by atoms with van der Waals surface area (Å²) >= 11 is 0. The molecular formula is C13H20N2O3S. The minimum atomic E-state index is -2.96. The lowest BCUT2D eigenvalue weighted by Crippen LogP contribution is -2.35. The molecule has 0 radical (unpaired) electrons. The molecule has 106 valence electrons. The quantitative estimate of drug-likeness (QED) is 0.886. The molecule has 1 atom stereocenters. The number of carbonyl (C=O) groups is 1. The number of nitrogens with zero attached hydrogens (tertiary/aromatic N) is 1. The second-order valence-electron chi connectivity index (χ2n) is 6.05. The van der Waals surface area contributed by atoms with Crippen LogP contribution in [0.5, 0.6) is 0 Å². The van der Waals surface area contributed by atoms with Crippen molar-refractivity contribution in [2.75, 3.05) is 11.5 Å². The van der Waals surface area contributed by atoms with Gasteiger partial charge in [0.1, 0.15) is 0 Å². The van der Waals surface area contributed by atoms with E-state index in [2.05, 4.69) is 26.1 Å². The maximum Gasteiger partial charge on any atom is 0.253 e. The van der Waals surface area contributed by atoms with Gasteiger partial charge in [0, 0.05) is 24.0 Å². The van der Waals surface area contributed by atoms with Crippen LogP contribution in [0.2, 0.25) is 0 Å². The molecule has 2 rings (SSSR count). The summed E-state index contributed by atoms with van der Waals surface area (Å²) in [5, 5.41) is 2.78. The summed E-state index contributed by atoms with van der Waals surface area (Å²) in [6, 6.07) is 1.50. The molecule has 5 nitrogen and oxygen atoms in total. The molecule has 1 aromatic heterocycles. The van der Waals surface area contributed by atoms with Crippen molar-refractivity contribution in [3.8, 4) is 0 Å². The molecule has 1 aromatic rings. The maximum absolute atomic E-state index is 12.0. The van der Waals surface area contributed by atoms with Gasteiger partial charge in [0.25, 0.3) is 5.91 Å². The topological polar surface area (TPSA) is 68.2 Å². The number of carbonyl (C=O) groups excluding carboxylic acids is 1. The monoisotopic (exact) mass is 284 g/mol. The summed E-state index contributed by atoms with van der Waals surface area (Å²) in [6.07, 6.45) is 4.16. The van der Waals surface area contributed by atoms with Crippen molar-refractivity contribution >= 4 is 15.7 Å². The van der Waals surface area contributed by atoms with Gasteiger partial charge in [-0.3, -0.25) is 4.79 Å². The molecule has 1 N–H and O–H groups in total. The van der Waals surface area contributed by atoms with Gasteiger partial charge in [-0.15, -0.1) is 0 Å². The van der Waals surface area contributed by atoms with Gasteiger partial charge in [0.2, 0.25) is 0 Å². The fourth-order valence-electron chi connectivity index (χ4n) is 2.13. The third kappa shape index (κ3) is 3.37. The van der Waals surface area contributed by atoms with Crippen LogP contribution in [0, 0.1) is 0 Å². The molecule has 1 amide bonds. The molecule has 1 aliphatic heterocycles. The molecule has 6 heteroatoms. The van der Waals surface area contributed by atoms with Crippen LogP contribution in [0.25, 0.3) is 0 Å². The average molecular weight is 284 g/mol. The van der Waals surface area contributed by atoms with E-state index < -0.39 is 9.84 Å². The summed E-state index contributed by atoms with van der Waals surface area (Å²) < 4.78 is 24.6. The van der Waals surface area contributed by atoms with Gasteiger partial charge in [-0.05, 0) is 33.3 Å². The Labute approximate surface area is 113 Å². The minimum absolute atomic E-state index is 0.0543. The van der Waals surface area contributed by atoms with Gasteiger partial charge in [-0.1, -0.05) is 0 Å². The predicted molar refractivity (Wildman–Crippen MR) is 74.0 cm³/mol. The van der Waals surface area contributed by atoms with Crippen molar-refractivity contribution in [1.82, 2.24) is 9.88 Å². The highest BCUT2D eigenvalue weighted by molar-refractivity contribution is 7.91. The summed E-state index contributed by atoms with van der Waals surface area (Å²) in [7, 11) is -2.96. The lowest BCUT2D eigenvalue weighted by Gasteiger charge is -2.20. The molecule has 0 aliphatic carbocycles. The normalized spacial score (nSPS) is 22.4. The van der Waals surface area contributed by atoms with Crippen LogP contribution in [0.3, 0.4) is 0 Å². The Morgan fingerprint density at radius 1 is 1.42 bits per heavy atom. The largest absolute Gasteiger partial charge is 0.348 e. The summed E-state index contributed by atoms with van der Waals surface area (Å²) in [6.45, 7) is 6.16. The summed E-state index contributed by atoms with van der Waals surface area (Å²) in [5.41, 5.74) is 0.495. The Balaban J connectivity index is 2.03. The zero-order valence-corrected chi connectivity index (χ0v) is 12.3. The van der Waals surface area contributed by atoms with Gasteiger partial charge in [-0.25, -0.2) is 8.42 Å². The van der Waals surface area contributed by atoms with E-state index in [9.17, 15) is 13.2 Å².